The SMILES string of the molecule is Cc1cccc2c(CC(=O)N3CC(C)C(N4CCOCC4)C3)c[nH]c12. The molecule has 2 unspecified atom stereocenters. The van der Waals surface area contributed by atoms with Gasteiger partial charge in [0, 0.05) is 49.3 Å². The third-order valence-electron chi connectivity index (χ3n) is 5.79. The number of carbonyl (C=O) groups excluding carboxylic acids is 1. The van der Waals surface area contributed by atoms with E-state index < -0.39 is 0 Å². The minimum absolute atomic E-state index is 0.241. The molecule has 0 bridgehead atoms. The number of benzene rings is 1. The van der Waals surface area contributed by atoms with Gasteiger partial charge in [0.05, 0.1) is 19.6 Å². The summed E-state index contributed by atoms with van der Waals surface area (Å²) in [5.74, 6) is 0.761. The van der Waals surface area contributed by atoms with E-state index in [1.807, 2.05) is 6.20 Å². The van der Waals surface area contributed by atoms with Gasteiger partial charge in [0.1, 0.15) is 0 Å². The lowest BCUT2D eigenvalue weighted by molar-refractivity contribution is -0.129. The molecular weight excluding hydrogens is 314 g/mol. The van der Waals surface area contributed by atoms with E-state index in [-0.39, 0.29) is 5.91 Å². The molecule has 3 heterocycles. The zero-order chi connectivity index (χ0) is 17.4. The van der Waals surface area contributed by atoms with E-state index >= 15 is 0 Å². The molecule has 0 saturated carbocycles. The smallest absolute Gasteiger partial charge is 0.227 e. The molecule has 0 radical (unpaired) electrons. The highest BCUT2D eigenvalue weighted by Gasteiger charge is 2.36. The van der Waals surface area contributed by atoms with Crippen molar-refractivity contribution < 1.29 is 9.53 Å². The standard InChI is InChI=1S/C20H27N3O2/c1-14-4-3-5-17-16(11-21-20(14)17)10-19(24)23-12-15(2)18(13-23)22-6-8-25-9-7-22/h3-5,11,15,18,21H,6-10,12-13H2,1-2H3. The highest BCUT2D eigenvalue weighted by Crippen LogP contribution is 2.25. The van der Waals surface area contributed by atoms with E-state index in [0.29, 0.717) is 18.4 Å². The molecule has 2 saturated heterocycles. The molecule has 2 aliphatic rings. The normalized spacial score (nSPS) is 25.0. The predicted octanol–water partition coefficient (Wildman–Crippen LogP) is 2.20. The summed E-state index contributed by atoms with van der Waals surface area (Å²) in [7, 11) is 0. The molecule has 5 nitrogen and oxygen atoms in total. The van der Waals surface area contributed by atoms with Gasteiger partial charge in [-0.05, 0) is 24.0 Å². The van der Waals surface area contributed by atoms with Crippen LogP contribution in [0.1, 0.15) is 18.1 Å². The van der Waals surface area contributed by atoms with Crippen LogP contribution in [0, 0.1) is 12.8 Å². The summed E-state index contributed by atoms with van der Waals surface area (Å²) >= 11 is 0. The van der Waals surface area contributed by atoms with Gasteiger partial charge < -0.3 is 14.6 Å². The Balaban J connectivity index is 1.45. The second-order valence-corrected chi connectivity index (χ2v) is 7.48. The Kier molecular flexibility index (Phi) is 4.52. The van der Waals surface area contributed by atoms with Crippen LogP contribution in [-0.4, -0.2) is 66.1 Å². The molecule has 25 heavy (non-hydrogen) atoms. The fourth-order valence-corrected chi connectivity index (χ4v) is 4.32. The molecule has 134 valence electrons. The van der Waals surface area contributed by atoms with Crippen LogP contribution in [0.3, 0.4) is 0 Å². The van der Waals surface area contributed by atoms with Crippen LogP contribution >= 0.6 is 0 Å². The summed E-state index contributed by atoms with van der Waals surface area (Å²) in [6, 6.07) is 6.73. The van der Waals surface area contributed by atoms with E-state index in [4.69, 9.17) is 4.74 Å². The molecule has 5 heteroatoms. The molecule has 4 rings (SSSR count). The molecule has 2 aliphatic heterocycles. The Morgan fingerprint density at radius 2 is 2.08 bits per heavy atom. The number of rotatable bonds is 3. The van der Waals surface area contributed by atoms with E-state index in [0.717, 1.165) is 50.5 Å². The van der Waals surface area contributed by atoms with Crippen molar-refractivity contribution in [1.29, 1.82) is 0 Å². The number of ether oxygens (including phenoxy) is 1. The number of morpholine rings is 1. The van der Waals surface area contributed by atoms with Gasteiger partial charge in [-0.2, -0.15) is 0 Å². The lowest BCUT2D eigenvalue weighted by Crippen LogP contribution is -2.47. The minimum Gasteiger partial charge on any atom is -0.379 e. The van der Waals surface area contributed by atoms with Crippen molar-refractivity contribution in [2.45, 2.75) is 26.3 Å². The number of aromatic nitrogens is 1. The summed E-state index contributed by atoms with van der Waals surface area (Å²) in [5.41, 5.74) is 3.47. The van der Waals surface area contributed by atoms with Crippen LogP contribution in [0.4, 0.5) is 0 Å². The number of carbonyl (C=O) groups is 1. The van der Waals surface area contributed by atoms with Crippen molar-refractivity contribution in [2.24, 2.45) is 5.92 Å². The molecule has 0 aliphatic carbocycles. The number of aromatic amines is 1. The Morgan fingerprint density at radius 1 is 1.28 bits per heavy atom. The number of hydrogen-bond acceptors (Lipinski definition) is 3. The topological polar surface area (TPSA) is 48.6 Å². The number of fused-ring (bicyclic) bond motifs is 1. The van der Waals surface area contributed by atoms with Gasteiger partial charge in [0.2, 0.25) is 5.91 Å². The number of amides is 1. The molecule has 1 N–H and O–H groups in total. The van der Waals surface area contributed by atoms with Gasteiger partial charge in [-0.15, -0.1) is 0 Å². The van der Waals surface area contributed by atoms with Gasteiger partial charge in [-0.1, -0.05) is 25.1 Å². The molecule has 1 aromatic carbocycles. The maximum absolute atomic E-state index is 12.9. The fraction of sp³-hybridized carbons (Fsp3) is 0.550. The Hall–Kier alpha value is -1.85. The molecule has 2 atom stereocenters. The molecule has 1 aromatic heterocycles. The van der Waals surface area contributed by atoms with Gasteiger partial charge in [0.15, 0.2) is 0 Å². The highest BCUT2D eigenvalue weighted by molar-refractivity contribution is 5.90. The summed E-state index contributed by atoms with van der Waals surface area (Å²) in [4.78, 5) is 20.8. The van der Waals surface area contributed by atoms with Gasteiger partial charge in [-0.3, -0.25) is 9.69 Å². The predicted molar refractivity (Wildman–Crippen MR) is 98.7 cm³/mol. The van der Waals surface area contributed by atoms with Crippen molar-refractivity contribution in [2.75, 3.05) is 39.4 Å². The number of aryl methyl sites for hydroxylation is 1. The third kappa shape index (κ3) is 3.18. The van der Waals surface area contributed by atoms with Crippen molar-refractivity contribution in [1.82, 2.24) is 14.8 Å². The van der Waals surface area contributed by atoms with Crippen molar-refractivity contribution in [3.05, 3.63) is 35.5 Å². The number of para-hydroxylation sites is 1. The van der Waals surface area contributed by atoms with E-state index in [2.05, 4.69) is 46.8 Å². The van der Waals surface area contributed by atoms with Gasteiger partial charge >= 0.3 is 0 Å². The summed E-state index contributed by atoms with van der Waals surface area (Å²) in [5, 5.41) is 1.17. The third-order valence-corrected chi connectivity index (χ3v) is 5.79. The van der Waals surface area contributed by atoms with Crippen molar-refractivity contribution in [3.63, 3.8) is 0 Å². The van der Waals surface area contributed by atoms with E-state index in [1.165, 1.54) is 10.9 Å². The number of nitrogens with one attached hydrogen (secondary N) is 1. The lowest BCUT2D eigenvalue weighted by atomic mass is 10.0. The maximum atomic E-state index is 12.9. The number of nitrogens with zero attached hydrogens (tertiary/aromatic N) is 2. The minimum atomic E-state index is 0.241. The van der Waals surface area contributed by atoms with Crippen molar-refractivity contribution >= 4 is 16.8 Å². The fourth-order valence-electron chi connectivity index (χ4n) is 4.32. The van der Waals surface area contributed by atoms with Crippen LogP contribution in [0.25, 0.3) is 10.9 Å². The summed E-state index contributed by atoms with van der Waals surface area (Å²) in [6.07, 6.45) is 2.47. The van der Waals surface area contributed by atoms with Gasteiger partial charge in [0.25, 0.3) is 0 Å². The van der Waals surface area contributed by atoms with E-state index in [9.17, 15) is 4.79 Å². The maximum Gasteiger partial charge on any atom is 0.227 e. The Morgan fingerprint density at radius 3 is 2.88 bits per heavy atom. The number of H-pyrrole nitrogens is 1. The first-order valence-electron chi connectivity index (χ1n) is 9.28. The average Bonchev–Trinajstić information content (AvgIpc) is 3.21. The molecule has 0 spiro atoms. The second kappa shape index (κ2) is 6.81. The second-order valence-electron chi connectivity index (χ2n) is 7.48. The summed E-state index contributed by atoms with van der Waals surface area (Å²) < 4.78 is 5.46. The summed E-state index contributed by atoms with van der Waals surface area (Å²) in [6.45, 7) is 9.67. The highest BCUT2D eigenvalue weighted by atomic mass is 16.5. The number of likely N-dealkylation sites (tertiary alicyclic amines) is 1. The Labute approximate surface area is 148 Å². The van der Waals surface area contributed by atoms with Crippen molar-refractivity contribution in [3.8, 4) is 0 Å². The van der Waals surface area contributed by atoms with Crippen LogP contribution in [0.2, 0.25) is 0 Å². The Bertz CT molecular complexity index is 763. The monoisotopic (exact) mass is 341 g/mol. The molecular formula is C20H27N3O2. The van der Waals surface area contributed by atoms with Crippen LogP contribution in [0.15, 0.2) is 24.4 Å². The first-order chi connectivity index (χ1) is 12.1. The zero-order valence-electron chi connectivity index (χ0n) is 15.1. The molecule has 2 aromatic rings. The quantitative estimate of drug-likeness (QED) is 0.931. The first kappa shape index (κ1) is 16.6. The average molecular weight is 341 g/mol. The number of hydrogen-bond donors (Lipinski definition) is 1. The molecule has 1 amide bonds. The molecule has 2 fully saturated rings. The van der Waals surface area contributed by atoms with Crippen LogP contribution in [-0.2, 0) is 16.0 Å². The largest absolute Gasteiger partial charge is 0.379 e. The lowest BCUT2D eigenvalue weighted by Gasteiger charge is -2.34. The van der Waals surface area contributed by atoms with E-state index in [1.54, 1.807) is 0 Å². The van der Waals surface area contributed by atoms with Gasteiger partial charge in [-0.25, -0.2) is 0 Å². The zero-order valence-corrected chi connectivity index (χ0v) is 15.1. The van der Waals surface area contributed by atoms with Crippen LogP contribution in [0.5, 0.6) is 0 Å². The van der Waals surface area contributed by atoms with Crippen LogP contribution < -0.4 is 0 Å². The first-order valence-corrected chi connectivity index (χ1v) is 9.28.